The number of carbonyl (C=O) groups excluding carboxylic acids is 3. The van der Waals surface area contributed by atoms with Crippen molar-refractivity contribution in [3.8, 4) is 0 Å². The smallest absolute Gasteiger partial charge is 0.325 e. The van der Waals surface area contributed by atoms with Crippen LogP contribution in [-0.2, 0) is 4.79 Å². The van der Waals surface area contributed by atoms with Gasteiger partial charge in [0.25, 0.3) is 5.91 Å². The third-order valence-electron chi connectivity index (χ3n) is 4.45. The zero-order chi connectivity index (χ0) is 15.2. The lowest BCUT2D eigenvalue weighted by Gasteiger charge is -2.19. The van der Waals surface area contributed by atoms with Crippen LogP contribution < -0.4 is 5.32 Å². The maximum Gasteiger partial charge on any atom is 0.325 e. The number of urea groups is 1. The number of hydrogen-bond donors (Lipinski definition) is 2. The van der Waals surface area contributed by atoms with Crippen molar-refractivity contribution in [2.75, 3.05) is 6.54 Å². The van der Waals surface area contributed by atoms with Gasteiger partial charge in [0.1, 0.15) is 5.54 Å². The van der Waals surface area contributed by atoms with Gasteiger partial charge in [0.2, 0.25) is 0 Å². The highest BCUT2D eigenvalue weighted by atomic mass is 16.2. The summed E-state index contributed by atoms with van der Waals surface area (Å²) in [6, 6.07) is 1.31. The topological polar surface area (TPSA) is 82.3 Å². The lowest BCUT2D eigenvalue weighted by atomic mass is 9.98. The molecule has 6 nitrogen and oxygen atoms in total. The molecule has 0 bridgehead atoms. The summed E-state index contributed by atoms with van der Waals surface area (Å²) >= 11 is 0. The molecule has 0 atom stereocenters. The fourth-order valence-corrected chi connectivity index (χ4v) is 3.38. The van der Waals surface area contributed by atoms with Gasteiger partial charge in [-0.1, -0.05) is 12.8 Å². The summed E-state index contributed by atoms with van der Waals surface area (Å²) in [5, 5.41) is 2.78. The first-order valence-corrected chi connectivity index (χ1v) is 7.26. The Hall–Kier alpha value is -2.11. The molecule has 6 heteroatoms. The molecule has 21 heavy (non-hydrogen) atoms. The van der Waals surface area contributed by atoms with Gasteiger partial charge in [-0.05, 0) is 32.8 Å². The number of ketones is 1. The first kappa shape index (κ1) is 13.9. The quantitative estimate of drug-likeness (QED) is 0.656. The first-order chi connectivity index (χ1) is 9.93. The number of imide groups is 1. The third-order valence-corrected chi connectivity index (χ3v) is 4.45. The molecular weight excluding hydrogens is 270 g/mol. The van der Waals surface area contributed by atoms with Crippen LogP contribution in [0.2, 0.25) is 0 Å². The molecule has 1 aliphatic carbocycles. The van der Waals surface area contributed by atoms with Crippen molar-refractivity contribution in [2.24, 2.45) is 0 Å². The summed E-state index contributed by atoms with van der Waals surface area (Å²) in [5.74, 6) is -0.460. The maximum absolute atomic E-state index is 12.5. The molecule has 0 aromatic carbocycles. The molecule has 0 radical (unpaired) electrons. The Labute approximate surface area is 122 Å². The molecule has 112 valence electrons. The van der Waals surface area contributed by atoms with Gasteiger partial charge in [-0.2, -0.15) is 0 Å². The highest BCUT2D eigenvalue weighted by Gasteiger charge is 2.52. The summed E-state index contributed by atoms with van der Waals surface area (Å²) in [6.45, 7) is 3.49. The van der Waals surface area contributed by atoms with Crippen LogP contribution in [0.3, 0.4) is 0 Å². The molecule has 1 aromatic heterocycles. The minimum Gasteiger partial charge on any atom is -0.362 e. The summed E-state index contributed by atoms with van der Waals surface area (Å²) < 4.78 is 0. The SMILES string of the molecule is Cc1cc(C(=O)CN2C(=O)NC3(CCCC3)C2=O)c(C)[nH]1. The van der Waals surface area contributed by atoms with Crippen LogP contribution in [0.25, 0.3) is 0 Å². The molecule has 3 amide bonds. The van der Waals surface area contributed by atoms with Crippen LogP contribution in [0.5, 0.6) is 0 Å². The van der Waals surface area contributed by atoms with Crippen LogP contribution in [0.1, 0.15) is 47.4 Å². The van der Waals surface area contributed by atoms with Gasteiger partial charge in [-0.15, -0.1) is 0 Å². The van der Waals surface area contributed by atoms with E-state index in [1.807, 2.05) is 13.8 Å². The fraction of sp³-hybridized carbons (Fsp3) is 0.533. The minimum absolute atomic E-state index is 0.190. The largest absolute Gasteiger partial charge is 0.362 e. The van der Waals surface area contributed by atoms with Gasteiger partial charge in [0.15, 0.2) is 5.78 Å². The predicted octanol–water partition coefficient (Wildman–Crippen LogP) is 1.68. The van der Waals surface area contributed by atoms with Crippen molar-refractivity contribution in [2.45, 2.75) is 45.1 Å². The van der Waals surface area contributed by atoms with E-state index in [1.165, 1.54) is 0 Å². The number of nitrogens with one attached hydrogen (secondary N) is 2. The molecule has 1 saturated heterocycles. The average Bonchev–Trinajstić information content (AvgIpc) is 3.07. The minimum atomic E-state index is -0.750. The average molecular weight is 289 g/mol. The molecule has 1 saturated carbocycles. The molecular formula is C15H19N3O3. The van der Waals surface area contributed by atoms with Crippen molar-refractivity contribution in [3.63, 3.8) is 0 Å². The lowest BCUT2D eigenvalue weighted by molar-refractivity contribution is -0.130. The third kappa shape index (κ3) is 2.14. The molecule has 2 N–H and O–H groups in total. The van der Waals surface area contributed by atoms with E-state index < -0.39 is 11.6 Å². The number of aromatic nitrogens is 1. The second-order valence-corrected chi connectivity index (χ2v) is 6.02. The fourth-order valence-electron chi connectivity index (χ4n) is 3.38. The number of amides is 3. The van der Waals surface area contributed by atoms with E-state index in [4.69, 9.17) is 0 Å². The molecule has 3 rings (SSSR count). The van der Waals surface area contributed by atoms with E-state index in [0.29, 0.717) is 18.4 Å². The van der Waals surface area contributed by atoms with E-state index in [1.54, 1.807) is 6.07 Å². The summed E-state index contributed by atoms with van der Waals surface area (Å²) in [6.07, 6.45) is 3.21. The van der Waals surface area contributed by atoms with Crippen molar-refractivity contribution in [1.29, 1.82) is 0 Å². The zero-order valence-electron chi connectivity index (χ0n) is 12.3. The monoisotopic (exact) mass is 289 g/mol. The van der Waals surface area contributed by atoms with Gasteiger partial charge >= 0.3 is 6.03 Å². The number of H-pyrrole nitrogens is 1. The van der Waals surface area contributed by atoms with E-state index in [2.05, 4.69) is 10.3 Å². The second kappa shape index (κ2) is 4.72. The highest BCUT2D eigenvalue weighted by Crippen LogP contribution is 2.35. The van der Waals surface area contributed by atoms with Gasteiger partial charge in [-0.25, -0.2) is 4.79 Å². The molecule has 2 aliphatic rings. The molecule has 2 heterocycles. The number of rotatable bonds is 3. The Bertz CT molecular complexity index is 626. The summed E-state index contributed by atoms with van der Waals surface area (Å²) in [7, 11) is 0. The van der Waals surface area contributed by atoms with Crippen LogP contribution in [0.15, 0.2) is 6.07 Å². The number of nitrogens with zero attached hydrogens (tertiary/aromatic N) is 1. The van der Waals surface area contributed by atoms with Crippen molar-refractivity contribution in [3.05, 3.63) is 23.0 Å². The zero-order valence-corrected chi connectivity index (χ0v) is 12.3. The Morgan fingerprint density at radius 2 is 1.95 bits per heavy atom. The molecule has 1 aromatic rings. The van der Waals surface area contributed by atoms with Crippen LogP contribution in [-0.4, -0.2) is 39.7 Å². The van der Waals surface area contributed by atoms with Gasteiger partial charge < -0.3 is 10.3 Å². The van der Waals surface area contributed by atoms with E-state index >= 15 is 0 Å². The number of aromatic amines is 1. The summed E-state index contributed by atoms with van der Waals surface area (Å²) in [4.78, 5) is 41.0. The van der Waals surface area contributed by atoms with E-state index in [9.17, 15) is 14.4 Å². The Balaban J connectivity index is 1.79. The number of Topliss-reactive ketones (excluding diaryl/α,β-unsaturated/α-hetero) is 1. The number of aryl methyl sites for hydroxylation is 2. The molecule has 1 aliphatic heterocycles. The van der Waals surface area contributed by atoms with Crippen LogP contribution >= 0.6 is 0 Å². The Kier molecular flexibility index (Phi) is 3.11. The standard InChI is InChI=1S/C15H19N3O3/c1-9-7-11(10(2)16-9)12(19)8-18-13(20)15(17-14(18)21)5-3-4-6-15/h7,16H,3-6,8H2,1-2H3,(H,17,21). The van der Waals surface area contributed by atoms with E-state index in [-0.39, 0.29) is 18.2 Å². The van der Waals surface area contributed by atoms with E-state index in [0.717, 1.165) is 29.1 Å². The molecule has 1 spiro atoms. The Morgan fingerprint density at radius 3 is 2.52 bits per heavy atom. The molecule has 0 unspecified atom stereocenters. The first-order valence-electron chi connectivity index (χ1n) is 7.26. The van der Waals surface area contributed by atoms with Gasteiger partial charge in [0.05, 0.1) is 6.54 Å². The second-order valence-electron chi connectivity index (χ2n) is 6.02. The number of hydrogen-bond acceptors (Lipinski definition) is 3. The van der Waals surface area contributed by atoms with Gasteiger partial charge in [0, 0.05) is 17.0 Å². The van der Waals surface area contributed by atoms with Crippen molar-refractivity contribution in [1.82, 2.24) is 15.2 Å². The normalized spacial score (nSPS) is 20.4. The lowest BCUT2D eigenvalue weighted by Crippen LogP contribution is -2.44. The highest BCUT2D eigenvalue weighted by molar-refractivity contribution is 6.11. The van der Waals surface area contributed by atoms with Crippen molar-refractivity contribution < 1.29 is 14.4 Å². The maximum atomic E-state index is 12.5. The summed E-state index contributed by atoms with van der Waals surface area (Å²) in [5.41, 5.74) is 1.45. The molecule has 2 fully saturated rings. The van der Waals surface area contributed by atoms with Crippen molar-refractivity contribution >= 4 is 17.7 Å². The van der Waals surface area contributed by atoms with Gasteiger partial charge in [-0.3, -0.25) is 14.5 Å². The Morgan fingerprint density at radius 1 is 1.29 bits per heavy atom. The predicted molar refractivity (Wildman–Crippen MR) is 76.0 cm³/mol. The number of carbonyl (C=O) groups is 3. The van der Waals surface area contributed by atoms with Crippen LogP contribution in [0.4, 0.5) is 4.79 Å². The van der Waals surface area contributed by atoms with Crippen LogP contribution in [0, 0.1) is 13.8 Å².